The number of carboxylic acid groups (broad SMARTS) is 1. The first-order valence-corrected chi connectivity index (χ1v) is 6.36. The van der Waals surface area contributed by atoms with E-state index >= 15 is 0 Å². The number of likely N-dealkylation sites (tertiary alicyclic amines) is 1. The van der Waals surface area contributed by atoms with E-state index in [1.807, 2.05) is 0 Å². The van der Waals surface area contributed by atoms with Gasteiger partial charge in [-0.3, -0.25) is 14.5 Å². The molecule has 0 radical (unpaired) electrons. The van der Waals surface area contributed by atoms with Crippen LogP contribution in [0.3, 0.4) is 0 Å². The lowest BCUT2D eigenvalue weighted by molar-refractivity contribution is -0.151. The van der Waals surface area contributed by atoms with Crippen molar-refractivity contribution >= 4 is 11.9 Å². The molecule has 1 saturated heterocycles. The van der Waals surface area contributed by atoms with Gasteiger partial charge >= 0.3 is 12.1 Å². The van der Waals surface area contributed by atoms with Gasteiger partial charge in [0, 0.05) is 6.54 Å². The maximum absolute atomic E-state index is 12.0. The molecule has 1 aliphatic rings. The summed E-state index contributed by atoms with van der Waals surface area (Å²) in [6.45, 7) is 2.58. The highest BCUT2D eigenvalue weighted by Crippen LogP contribution is 2.37. The lowest BCUT2D eigenvalue weighted by Crippen LogP contribution is -2.43. The Balaban J connectivity index is 2.52. The van der Waals surface area contributed by atoms with Crippen molar-refractivity contribution in [3.63, 3.8) is 0 Å². The number of nitrogens with zero attached hydrogens (tertiary/aromatic N) is 1. The van der Waals surface area contributed by atoms with E-state index in [1.54, 1.807) is 24.1 Å². The number of aliphatic carboxylic acids is 1. The van der Waals surface area contributed by atoms with Crippen LogP contribution in [-0.2, 0) is 9.59 Å². The zero-order chi connectivity index (χ0) is 15.6. The second kappa shape index (κ2) is 5.99. The first-order valence-electron chi connectivity index (χ1n) is 6.36. The van der Waals surface area contributed by atoms with Crippen molar-refractivity contribution in [3.8, 4) is 0 Å². The van der Waals surface area contributed by atoms with Crippen LogP contribution in [0.1, 0.15) is 20.3 Å². The molecule has 1 unspecified atom stereocenters. The van der Waals surface area contributed by atoms with Crippen LogP contribution in [0.2, 0.25) is 0 Å². The smallest absolute Gasteiger partial charge is 0.405 e. The van der Waals surface area contributed by atoms with Crippen LogP contribution in [0, 0.1) is 11.3 Å². The molecule has 20 heavy (non-hydrogen) atoms. The fraction of sp³-hybridized carbons (Fsp3) is 0.833. The minimum Gasteiger partial charge on any atom is -0.481 e. The molecule has 0 aliphatic carbocycles. The van der Waals surface area contributed by atoms with Crippen LogP contribution in [0.15, 0.2) is 0 Å². The van der Waals surface area contributed by atoms with Crippen molar-refractivity contribution in [1.82, 2.24) is 10.2 Å². The molecular formula is C12H19F3N2O3. The average Bonchev–Trinajstić information content (AvgIpc) is 2.71. The van der Waals surface area contributed by atoms with Crippen LogP contribution >= 0.6 is 0 Å². The Labute approximate surface area is 115 Å². The van der Waals surface area contributed by atoms with Crippen molar-refractivity contribution in [2.75, 3.05) is 26.2 Å². The predicted octanol–water partition coefficient (Wildman–Crippen LogP) is 1.10. The Bertz CT molecular complexity index is 385. The molecule has 0 aromatic heterocycles. The number of carbonyl (C=O) groups excluding carboxylic acids is 1. The second-order valence-electron chi connectivity index (χ2n) is 5.47. The normalized spacial score (nSPS) is 24.1. The third kappa shape index (κ3) is 4.09. The molecule has 8 heteroatoms. The topological polar surface area (TPSA) is 69.6 Å². The molecule has 2 N–H and O–H groups in total. The summed E-state index contributed by atoms with van der Waals surface area (Å²) in [5.41, 5.74) is -0.926. The summed E-state index contributed by atoms with van der Waals surface area (Å²) in [5, 5.41) is 11.1. The lowest BCUT2D eigenvalue weighted by Gasteiger charge is -2.28. The van der Waals surface area contributed by atoms with E-state index in [0.717, 1.165) is 0 Å². The Kier molecular flexibility index (Phi) is 5.01. The Hall–Kier alpha value is -1.31. The molecule has 0 spiro atoms. The summed E-state index contributed by atoms with van der Waals surface area (Å²) in [4.78, 5) is 24.4. The Morgan fingerprint density at radius 2 is 2.00 bits per heavy atom. The molecule has 1 atom stereocenters. The SMILES string of the molecule is CC(C)C1(C(=O)O)CCN(CC(=O)NCC(F)(F)F)C1. The van der Waals surface area contributed by atoms with Gasteiger partial charge in [0.05, 0.1) is 12.0 Å². The maximum Gasteiger partial charge on any atom is 0.405 e. The molecular weight excluding hydrogens is 277 g/mol. The number of rotatable bonds is 5. The Morgan fingerprint density at radius 1 is 1.40 bits per heavy atom. The molecule has 0 bridgehead atoms. The summed E-state index contributed by atoms with van der Waals surface area (Å²) < 4.78 is 35.9. The fourth-order valence-electron chi connectivity index (χ4n) is 2.40. The molecule has 1 heterocycles. The summed E-state index contributed by atoms with van der Waals surface area (Å²) in [7, 11) is 0. The summed E-state index contributed by atoms with van der Waals surface area (Å²) in [6, 6.07) is 0. The highest BCUT2D eigenvalue weighted by molar-refractivity contribution is 5.79. The number of alkyl halides is 3. The first-order chi connectivity index (χ1) is 9.07. The van der Waals surface area contributed by atoms with E-state index < -0.39 is 30.0 Å². The molecule has 0 aromatic rings. The molecule has 5 nitrogen and oxygen atoms in total. The van der Waals surface area contributed by atoms with Gasteiger partial charge in [0.15, 0.2) is 0 Å². The quantitative estimate of drug-likeness (QED) is 0.797. The van der Waals surface area contributed by atoms with Gasteiger partial charge < -0.3 is 10.4 Å². The van der Waals surface area contributed by atoms with Gasteiger partial charge in [0.2, 0.25) is 5.91 Å². The van der Waals surface area contributed by atoms with Crippen molar-refractivity contribution in [1.29, 1.82) is 0 Å². The van der Waals surface area contributed by atoms with Crippen LogP contribution in [-0.4, -0.2) is 54.2 Å². The predicted molar refractivity (Wildman–Crippen MR) is 65.0 cm³/mol. The van der Waals surface area contributed by atoms with Crippen molar-refractivity contribution in [3.05, 3.63) is 0 Å². The molecule has 1 fully saturated rings. The highest BCUT2D eigenvalue weighted by atomic mass is 19.4. The van der Waals surface area contributed by atoms with E-state index in [0.29, 0.717) is 13.0 Å². The van der Waals surface area contributed by atoms with Gasteiger partial charge in [0.25, 0.3) is 0 Å². The largest absolute Gasteiger partial charge is 0.481 e. The van der Waals surface area contributed by atoms with E-state index in [2.05, 4.69) is 0 Å². The second-order valence-corrected chi connectivity index (χ2v) is 5.47. The zero-order valence-electron chi connectivity index (χ0n) is 11.5. The van der Waals surface area contributed by atoms with Gasteiger partial charge in [-0.05, 0) is 18.9 Å². The first kappa shape index (κ1) is 16.7. The van der Waals surface area contributed by atoms with E-state index in [9.17, 15) is 27.9 Å². The summed E-state index contributed by atoms with van der Waals surface area (Å²) >= 11 is 0. The number of hydrogen-bond acceptors (Lipinski definition) is 3. The third-order valence-corrected chi connectivity index (χ3v) is 3.76. The molecule has 1 aliphatic heterocycles. The van der Waals surface area contributed by atoms with Crippen molar-refractivity contribution < 1.29 is 27.9 Å². The lowest BCUT2D eigenvalue weighted by atomic mass is 9.76. The molecule has 1 amide bonds. The van der Waals surface area contributed by atoms with Crippen molar-refractivity contribution in [2.24, 2.45) is 11.3 Å². The number of halogens is 3. The number of nitrogens with one attached hydrogen (secondary N) is 1. The summed E-state index contributed by atoms with van der Waals surface area (Å²) in [5.74, 6) is -1.78. The zero-order valence-corrected chi connectivity index (χ0v) is 11.5. The van der Waals surface area contributed by atoms with Crippen LogP contribution in [0.5, 0.6) is 0 Å². The van der Waals surface area contributed by atoms with Crippen LogP contribution in [0.25, 0.3) is 0 Å². The van der Waals surface area contributed by atoms with E-state index in [4.69, 9.17) is 0 Å². The number of carbonyl (C=O) groups is 2. The fourth-order valence-corrected chi connectivity index (χ4v) is 2.40. The standard InChI is InChI=1S/C12H19F3N2O3/c1-8(2)11(10(19)20)3-4-17(7-11)5-9(18)16-6-12(13,14)15/h8H,3-7H2,1-2H3,(H,16,18)(H,19,20). The van der Waals surface area contributed by atoms with E-state index in [-0.39, 0.29) is 19.0 Å². The number of hydrogen-bond donors (Lipinski definition) is 2. The van der Waals surface area contributed by atoms with Gasteiger partial charge in [-0.25, -0.2) is 0 Å². The van der Waals surface area contributed by atoms with Gasteiger partial charge in [0.1, 0.15) is 6.54 Å². The molecule has 0 saturated carbocycles. The van der Waals surface area contributed by atoms with Gasteiger partial charge in [-0.15, -0.1) is 0 Å². The summed E-state index contributed by atoms with van der Waals surface area (Å²) in [6.07, 6.45) is -4.05. The van der Waals surface area contributed by atoms with Gasteiger partial charge in [-0.1, -0.05) is 13.8 Å². The maximum atomic E-state index is 12.0. The molecule has 1 rings (SSSR count). The average molecular weight is 296 g/mol. The Morgan fingerprint density at radius 3 is 2.40 bits per heavy atom. The van der Waals surface area contributed by atoms with Crippen molar-refractivity contribution in [2.45, 2.75) is 26.4 Å². The van der Waals surface area contributed by atoms with E-state index in [1.165, 1.54) is 0 Å². The van der Waals surface area contributed by atoms with Crippen LogP contribution < -0.4 is 5.32 Å². The highest BCUT2D eigenvalue weighted by Gasteiger charge is 2.47. The minimum absolute atomic E-state index is 0.108. The van der Waals surface area contributed by atoms with Gasteiger partial charge in [-0.2, -0.15) is 13.2 Å². The monoisotopic (exact) mass is 296 g/mol. The molecule has 0 aromatic carbocycles. The third-order valence-electron chi connectivity index (χ3n) is 3.76. The molecule has 116 valence electrons. The number of amides is 1. The number of carboxylic acids is 1. The van der Waals surface area contributed by atoms with Crippen LogP contribution in [0.4, 0.5) is 13.2 Å². The minimum atomic E-state index is -4.44.